The SMILES string of the molecule is CCS(=O)(=O)NCCNC(=NC)NCCc1cc(C)ccc1OC. The third-order valence-corrected chi connectivity index (χ3v) is 4.87. The molecule has 1 rings (SSSR count). The Labute approximate surface area is 145 Å². The van der Waals surface area contributed by atoms with Crippen molar-refractivity contribution in [3.05, 3.63) is 29.3 Å². The minimum Gasteiger partial charge on any atom is -0.496 e. The molecule has 0 saturated heterocycles. The van der Waals surface area contributed by atoms with Gasteiger partial charge in [-0.2, -0.15) is 0 Å². The molecular formula is C16H28N4O3S. The number of nitrogens with one attached hydrogen (secondary N) is 3. The van der Waals surface area contributed by atoms with E-state index in [9.17, 15) is 8.42 Å². The van der Waals surface area contributed by atoms with Crippen LogP contribution >= 0.6 is 0 Å². The zero-order valence-corrected chi connectivity index (χ0v) is 15.7. The third kappa shape index (κ3) is 7.18. The van der Waals surface area contributed by atoms with Crippen LogP contribution in [0.25, 0.3) is 0 Å². The minimum absolute atomic E-state index is 0.0816. The molecule has 0 bridgehead atoms. The van der Waals surface area contributed by atoms with Gasteiger partial charge < -0.3 is 15.4 Å². The van der Waals surface area contributed by atoms with Gasteiger partial charge in [-0.05, 0) is 31.9 Å². The summed E-state index contributed by atoms with van der Waals surface area (Å²) in [4.78, 5) is 4.12. The van der Waals surface area contributed by atoms with Crippen molar-refractivity contribution in [1.82, 2.24) is 15.4 Å². The van der Waals surface area contributed by atoms with Crippen molar-refractivity contribution in [3.8, 4) is 5.75 Å². The molecule has 0 unspecified atom stereocenters. The van der Waals surface area contributed by atoms with E-state index in [1.54, 1.807) is 21.1 Å². The van der Waals surface area contributed by atoms with Crippen LogP contribution in [0, 0.1) is 6.92 Å². The molecule has 0 saturated carbocycles. The molecule has 0 aliphatic rings. The number of aliphatic imine (C=N–C) groups is 1. The number of hydrogen-bond donors (Lipinski definition) is 3. The minimum atomic E-state index is -3.15. The van der Waals surface area contributed by atoms with Crippen LogP contribution in [0.1, 0.15) is 18.1 Å². The number of rotatable bonds is 9. The van der Waals surface area contributed by atoms with Gasteiger partial charge in [0.25, 0.3) is 0 Å². The molecule has 0 atom stereocenters. The maximum atomic E-state index is 11.3. The van der Waals surface area contributed by atoms with E-state index in [4.69, 9.17) is 4.74 Å². The van der Waals surface area contributed by atoms with Crippen molar-refractivity contribution in [3.63, 3.8) is 0 Å². The zero-order valence-electron chi connectivity index (χ0n) is 14.8. The summed E-state index contributed by atoms with van der Waals surface area (Å²) in [6, 6.07) is 6.10. The Hall–Kier alpha value is -1.80. The molecule has 1 aromatic carbocycles. The summed E-state index contributed by atoms with van der Waals surface area (Å²) in [5.74, 6) is 1.59. The fourth-order valence-corrected chi connectivity index (χ4v) is 2.75. The van der Waals surface area contributed by atoms with Gasteiger partial charge in [0.2, 0.25) is 10.0 Å². The quantitative estimate of drug-likeness (QED) is 0.343. The predicted octanol–water partition coefficient (Wildman–Crippen LogP) is 0.650. The Bertz CT molecular complexity index is 645. The number of sulfonamides is 1. The number of methoxy groups -OCH3 is 1. The number of hydrogen-bond acceptors (Lipinski definition) is 4. The van der Waals surface area contributed by atoms with E-state index in [0.29, 0.717) is 25.6 Å². The van der Waals surface area contributed by atoms with Gasteiger partial charge >= 0.3 is 0 Å². The lowest BCUT2D eigenvalue weighted by Gasteiger charge is -2.13. The summed E-state index contributed by atoms with van der Waals surface area (Å²) >= 11 is 0. The molecule has 0 fully saturated rings. The van der Waals surface area contributed by atoms with Gasteiger partial charge in [0, 0.05) is 26.7 Å². The predicted molar refractivity (Wildman–Crippen MR) is 98.3 cm³/mol. The molecule has 0 radical (unpaired) electrons. The Morgan fingerprint density at radius 3 is 2.54 bits per heavy atom. The zero-order chi connectivity index (χ0) is 18.0. The summed E-state index contributed by atoms with van der Waals surface area (Å²) < 4.78 is 30.5. The fraction of sp³-hybridized carbons (Fsp3) is 0.562. The number of benzene rings is 1. The second-order valence-electron chi connectivity index (χ2n) is 5.29. The van der Waals surface area contributed by atoms with Crippen molar-refractivity contribution < 1.29 is 13.2 Å². The summed E-state index contributed by atoms with van der Waals surface area (Å²) in [5.41, 5.74) is 2.33. The molecule has 0 spiro atoms. The van der Waals surface area contributed by atoms with Crippen molar-refractivity contribution in [1.29, 1.82) is 0 Å². The largest absolute Gasteiger partial charge is 0.496 e. The maximum absolute atomic E-state index is 11.3. The van der Waals surface area contributed by atoms with Crippen LogP contribution in [0.3, 0.4) is 0 Å². The van der Waals surface area contributed by atoms with Gasteiger partial charge in [0.1, 0.15) is 5.75 Å². The molecule has 136 valence electrons. The smallest absolute Gasteiger partial charge is 0.211 e. The van der Waals surface area contributed by atoms with Crippen LogP contribution < -0.4 is 20.1 Å². The van der Waals surface area contributed by atoms with Crippen molar-refractivity contribution >= 4 is 16.0 Å². The molecule has 8 heteroatoms. The molecule has 0 aliphatic carbocycles. The first-order valence-electron chi connectivity index (χ1n) is 7.97. The lowest BCUT2D eigenvalue weighted by Crippen LogP contribution is -2.42. The van der Waals surface area contributed by atoms with Gasteiger partial charge in [-0.15, -0.1) is 0 Å². The van der Waals surface area contributed by atoms with E-state index in [1.165, 1.54) is 5.56 Å². The highest BCUT2D eigenvalue weighted by molar-refractivity contribution is 7.89. The summed E-state index contributed by atoms with van der Waals surface area (Å²) in [5, 5.41) is 6.28. The van der Waals surface area contributed by atoms with Crippen LogP contribution in [-0.2, 0) is 16.4 Å². The maximum Gasteiger partial charge on any atom is 0.211 e. The van der Waals surface area contributed by atoms with E-state index in [2.05, 4.69) is 26.4 Å². The summed E-state index contributed by atoms with van der Waals surface area (Å²) in [6.45, 7) is 5.14. The highest BCUT2D eigenvalue weighted by atomic mass is 32.2. The standard InChI is InChI=1S/C16H28N4O3S/c1-5-24(21,22)20-11-10-19-16(17-3)18-9-8-14-12-13(2)6-7-15(14)23-4/h6-7,12,20H,5,8-11H2,1-4H3,(H2,17,18,19). The summed E-state index contributed by atoms with van der Waals surface area (Å²) in [6.07, 6.45) is 0.800. The lowest BCUT2D eigenvalue weighted by molar-refractivity contribution is 0.409. The third-order valence-electron chi connectivity index (χ3n) is 3.47. The van der Waals surface area contributed by atoms with Crippen LogP contribution in [0.5, 0.6) is 5.75 Å². The average Bonchev–Trinajstić information content (AvgIpc) is 2.57. The molecule has 0 heterocycles. The Morgan fingerprint density at radius 2 is 1.92 bits per heavy atom. The molecule has 1 aromatic rings. The number of ether oxygens (including phenoxy) is 1. The van der Waals surface area contributed by atoms with Crippen LogP contribution in [0.4, 0.5) is 0 Å². The van der Waals surface area contributed by atoms with E-state index in [0.717, 1.165) is 17.7 Å². The van der Waals surface area contributed by atoms with Gasteiger partial charge in [-0.3, -0.25) is 4.99 Å². The molecule has 0 aromatic heterocycles. The van der Waals surface area contributed by atoms with Crippen molar-refractivity contribution in [2.24, 2.45) is 4.99 Å². The molecule has 24 heavy (non-hydrogen) atoms. The highest BCUT2D eigenvalue weighted by Gasteiger charge is 2.06. The van der Waals surface area contributed by atoms with E-state index >= 15 is 0 Å². The Kier molecular flexibility index (Phi) is 8.56. The fourth-order valence-electron chi connectivity index (χ4n) is 2.13. The normalized spacial score (nSPS) is 12.1. The molecule has 0 amide bonds. The number of aryl methyl sites for hydroxylation is 1. The monoisotopic (exact) mass is 356 g/mol. The number of nitrogens with zero attached hydrogens (tertiary/aromatic N) is 1. The molecule has 7 nitrogen and oxygen atoms in total. The second kappa shape index (κ2) is 10.1. The second-order valence-corrected chi connectivity index (χ2v) is 7.38. The molecule has 0 aliphatic heterocycles. The van der Waals surface area contributed by atoms with Crippen molar-refractivity contribution in [2.45, 2.75) is 20.3 Å². The van der Waals surface area contributed by atoms with Gasteiger partial charge in [-0.25, -0.2) is 13.1 Å². The lowest BCUT2D eigenvalue weighted by atomic mass is 10.1. The van der Waals surface area contributed by atoms with E-state index < -0.39 is 10.0 Å². The van der Waals surface area contributed by atoms with Crippen molar-refractivity contribution in [2.75, 3.05) is 39.5 Å². The van der Waals surface area contributed by atoms with Gasteiger partial charge in [0.15, 0.2) is 5.96 Å². The topological polar surface area (TPSA) is 91.8 Å². The van der Waals surface area contributed by atoms with E-state index in [1.807, 2.05) is 19.1 Å². The highest BCUT2D eigenvalue weighted by Crippen LogP contribution is 2.19. The first kappa shape index (κ1) is 20.2. The first-order chi connectivity index (χ1) is 11.4. The Morgan fingerprint density at radius 1 is 1.21 bits per heavy atom. The van der Waals surface area contributed by atoms with Gasteiger partial charge in [0.05, 0.1) is 12.9 Å². The van der Waals surface area contributed by atoms with Gasteiger partial charge in [-0.1, -0.05) is 17.7 Å². The molecule has 3 N–H and O–H groups in total. The Balaban J connectivity index is 2.38. The van der Waals surface area contributed by atoms with Crippen LogP contribution in [-0.4, -0.2) is 53.9 Å². The summed E-state index contributed by atoms with van der Waals surface area (Å²) in [7, 11) is 0.192. The first-order valence-corrected chi connectivity index (χ1v) is 9.62. The average molecular weight is 356 g/mol. The van der Waals surface area contributed by atoms with Crippen LogP contribution in [0.2, 0.25) is 0 Å². The van der Waals surface area contributed by atoms with Crippen LogP contribution in [0.15, 0.2) is 23.2 Å². The molecular weight excluding hydrogens is 328 g/mol. The number of guanidine groups is 1. The van der Waals surface area contributed by atoms with E-state index in [-0.39, 0.29) is 5.75 Å².